The van der Waals surface area contributed by atoms with Crippen LogP contribution in [0.4, 0.5) is 5.69 Å². The topological polar surface area (TPSA) is 29.3 Å². The summed E-state index contributed by atoms with van der Waals surface area (Å²) in [5.74, 6) is 0.717. The second-order valence-electron chi connectivity index (χ2n) is 5.30. The molecule has 0 amide bonds. The highest BCUT2D eigenvalue weighted by Gasteiger charge is 2.08. The van der Waals surface area contributed by atoms with Gasteiger partial charge in [-0.15, -0.1) is 0 Å². The van der Waals surface area contributed by atoms with Gasteiger partial charge < -0.3 is 10.6 Å². The quantitative estimate of drug-likeness (QED) is 0.819. The van der Waals surface area contributed by atoms with E-state index >= 15 is 0 Å². The Kier molecular flexibility index (Phi) is 5.49. The Balaban J connectivity index is 2.66. The zero-order chi connectivity index (χ0) is 12.8. The number of anilines is 1. The first-order chi connectivity index (χ1) is 8.04. The van der Waals surface area contributed by atoms with E-state index in [1.165, 1.54) is 11.3 Å². The van der Waals surface area contributed by atoms with Crippen LogP contribution in [0.2, 0.25) is 0 Å². The van der Waals surface area contributed by atoms with Crippen molar-refractivity contribution in [2.45, 2.75) is 39.7 Å². The summed E-state index contributed by atoms with van der Waals surface area (Å²) in [4.78, 5) is 2.30. The summed E-state index contributed by atoms with van der Waals surface area (Å²) >= 11 is 0. The lowest BCUT2D eigenvalue weighted by molar-refractivity contribution is 0.633. The molecule has 0 aliphatic carbocycles. The van der Waals surface area contributed by atoms with Crippen LogP contribution in [0.15, 0.2) is 24.3 Å². The molecule has 0 fully saturated rings. The summed E-state index contributed by atoms with van der Waals surface area (Å²) in [6, 6.07) is 9.40. The Morgan fingerprint density at radius 2 is 1.71 bits per heavy atom. The van der Waals surface area contributed by atoms with Crippen LogP contribution in [0.5, 0.6) is 0 Å². The number of nitrogens with two attached hydrogens (primary N) is 1. The molecule has 2 nitrogen and oxygen atoms in total. The zero-order valence-electron chi connectivity index (χ0n) is 11.6. The summed E-state index contributed by atoms with van der Waals surface area (Å²) in [7, 11) is 2.14. The summed E-state index contributed by atoms with van der Waals surface area (Å²) in [5.41, 5.74) is 8.29. The minimum Gasteiger partial charge on any atom is -0.372 e. The molecule has 0 heterocycles. The average Bonchev–Trinajstić information content (AvgIpc) is 2.28. The van der Waals surface area contributed by atoms with Crippen molar-refractivity contribution >= 4 is 5.69 Å². The van der Waals surface area contributed by atoms with Crippen LogP contribution in [-0.4, -0.2) is 19.6 Å². The molecule has 0 aliphatic heterocycles. The number of rotatable bonds is 6. The maximum Gasteiger partial charge on any atom is 0.0366 e. The van der Waals surface area contributed by atoms with Crippen LogP contribution in [0.25, 0.3) is 0 Å². The van der Waals surface area contributed by atoms with Crippen molar-refractivity contribution in [3.63, 3.8) is 0 Å². The molecule has 0 aromatic heterocycles. The van der Waals surface area contributed by atoms with Crippen LogP contribution in [0.3, 0.4) is 0 Å². The molecule has 0 bridgehead atoms. The third-order valence-corrected chi connectivity index (χ3v) is 3.23. The number of hydrogen-bond donors (Lipinski definition) is 1. The van der Waals surface area contributed by atoms with Gasteiger partial charge in [0.1, 0.15) is 0 Å². The van der Waals surface area contributed by atoms with Crippen molar-refractivity contribution in [1.29, 1.82) is 0 Å². The van der Waals surface area contributed by atoms with E-state index < -0.39 is 0 Å². The maximum absolute atomic E-state index is 5.60. The lowest BCUT2D eigenvalue weighted by Gasteiger charge is -2.27. The first-order valence-corrected chi connectivity index (χ1v) is 6.56. The van der Waals surface area contributed by atoms with Crippen LogP contribution in [0.1, 0.15) is 32.8 Å². The van der Waals surface area contributed by atoms with Gasteiger partial charge in [-0.05, 0) is 49.9 Å². The molecule has 1 unspecified atom stereocenters. The monoisotopic (exact) mass is 234 g/mol. The van der Waals surface area contributed by atoms with Crippen LogP contribution >= 0.6 is 0 Å². The largest absolute Gasteiger partial charge is 0.372 e. The molecule has 1 aromatic carbocycles. The van der Waals surface area contributed by atoms with Crippen molar-refractivity contribution in [3.05, 3.63) is 29.8 Å². The minimum absolute atomic E-state index is 0.496. The Hall–Kier alpha value is -1.02. The molecule has 1 atom stereocenters. The molecule has 0 spiro atoms. The number of nitrogens with zero attached hydrogens (tertiary/aromatic N) is 1. The van der Waals surface area contributed by atoms with Crippen molar-refractivity contribution in [2.75, 3.05) is 18.5 Å². The molecule has 1 rings (SSSR count). The fourth-order valence-corrected chi connectivity index (χ4v) is 2.03. The molecule has 1 aromatic rings. The van der Waals surface area contributed by atoms with Gasteiger partial charge >= 0.3 is 0 Å². The smallest absolute Gasteiger partial charge is 0.0366 e. The van der Waals surface area contributed by atoms with Gasteiger partial charge in [-0.3, -0.25) is 0 Å². The highest BCUT2D eigenvalue weighted by Crippen LogP contribution is 2.18. The van der Waals surface area contributed by atoms with E-state index in [1.807, 2.05) is 0 Å². The molecule has 96 valence electrons. The van der Waals surface area contributed by atoms with Gasteiger partial charge in [0.05, 0.1) is 0 Å². The van der Waals surface area contributed by atoms with Crippen molar-refractivity contribution in [3.8, 4) is 0 Å². The molecule has 2 N–H and O–H groups in total. The number of benzene rings is 1. The summed E-state index contributed by atoms with van der Waals surface area (Å²) in [6.07, 6.45) is 2.19. The molecule has 17 heavy (non-hydrogen) atoms. The molecule has 0 saturated carbocycles. The molecular formula is C15H26N2. The van der Waals surface area contributed by atoms with Gasteiger partial charge in [0.2, 0.25) is 0 Å². The zero-order valence-corrected chi connectivity index (χ0v) is 11.6. The van der Waals surface area contributed by atoms with E-state index in [2.05, 4.69) is 57.0 Å². The van der Waals surface area contributed by atoms with Crippen LogP contribution in [0, 0.1) is 5.92 Å². The van der Waals surface area contributed by atoms with Gasteiger partial charge in [-0.2, -0.15) is 0 Å². The Bertz CT molecular complexity index is 316. The molecule has 0 radical (unpaired) electrons. The van der Waals surface area contributed by atoms with Gasteiger partial charge in [0.25, 0.3) is 0 Å². The predicted octanol–water partition coefficient (Wildman–Crippen LogP) is 3.06. The van der Waals surface area contributed by atoms with E-state index in [0.717, 1.165) is 25.3 Å². The second kappa shape index (κ2) is 6.65. The number of hydrogen-bond acceptors (Lipinski definition) is 2. The summed E-state index contributed by atoms with van der Waals surface area (Å²) in [5, 5.41) is 0. The van der Waals surface area contributed by atoms with E-state index in [1.54, 1.807) is 0 Å². The molecule has 0 saturated heterocycles. The Morgan fingerprint density at radius 3 is 2.18 bits per heavy atom. The minimum atomic E-state index is 0.496. The van der Waals surface area contributed by atoms with Gasteiger partial charge in [0, 0.05) is 18.8 Å². The average molecular weight is 234 g/mol. The molecular weight excluding hydrogens is 208 g/mol. The second-order valence-corrected chi connectivity index (χ2v) is 5.30. The lowest BCUT2D eigenvalue weighted by Crippen LogP contribution is -2.30. The third-order valence-electron chi connectivity index (χ3n) is 3.23. The highest BCUT2D eigenvalue weighted by molar-refractivity contribution is 5.47. The summed E-state index contributed by atoms with van der Waals surface area (Å²) in [6.45, 7) is 7.47. The fourth-order valence-electron chi connectivity index (χ4n) is 2.03. The van der Waals surface area contributed by atoms with Crippen LogP contribution in [-0.2, 0) is 6.42 Å². The predicted molar refractivity (Wildman–Crippen MR) is 76.5 cm³/mol. The Labute approximate surface area is 106 Å². The maximum atomic E-state index is 5.60. The van der Waals surface area contributed by atoms with E-state index in [-0.39, 0.29) is 0 Å². The van der Waals surface area contributed by atoms with Gasteiger partial charge in [0.15, 0.2) is 0 Å². The molecule has 2 heteroatoms. The van der Waals surface area contributed by atoms with Gasteiger partial charge in [-0.1, -0.05) is 26.0 Å². The van der Waals surface area contributed by atoms with E-state index in [0.29, 0.717) is 6.04 Å². The highest BCUT2D eigenvalue weighted by atomic mass is 15.1. The van der Waals surface area contributed by atoms with Crippen molar-refractivity contribution in [2.24, 2.45) is 11.7 Å². The SMILES string of the molecule is CC(C)Cc1ccc(N(C)C(C)CCN)cc1. The van der Waals surface area contributed by atoms with Gasteiger partial charge in [-0.25, -0.2) is 0 Å². The standard InChI is InChI=1S/C15H26N2/c1-12(2)11-14-5-7-15(8-6-14)17(4)13(3)9-10-16/h5-8,12-13H,9-11,16H2,1-4H3. The van der Waals surface area contributed by atoms with E-state index in [4.69, 9.17) is 5.73 Å². The lowest BCUT2D eigenvalue weighted by atomic mass is 10.0. The summed E-state index contributed by atoms with van der Waals surface area (Å²) < 4.78 is 0. The van der Waals surface area contributed by atoms with Crippen molar-refractivity contribution in [1.82, 2.24) is 0 Å². The fraction of sp³-hybridized carbons (Fsp3) is 0.600. The Morgan fingerprint density at radius 1 is 1.12 bits per heavy atom. The molecule has 0 aliphatic rings. The first kappa shape index (κ1) is 14.0. The normalized spacial score (nSPS) is 12.8. The van der Waals surface area contributed by atoms with Crippen molar-refractivity contribution < 1.29 is 0 Å². The van der Waals surface area contributed by atoms with E-state index in [9.17, 15) is 0 Å². The van der Waals surface area contributed by atoms with Crippen LogP contribution < -0.4 is 10.6 Å². The third kappa shape index (κ3) is 4.39. The first-order valence-electron chi connectivity index (χ1n) is 6.56.